The molecule has 1 heterocycles. The van der Waals surface area contributed by atoms with Gasteiger partial charge in [-0.1, -0.05) is 43.2 Å². The fourth-order valence-corrected chi connectivity index (χ4v) is 2.12. The molecule has 2 rings (SSSR count). The van der Waals surface area contributed by atoms with Crippen molar-refractivity contribution in [2.45, 2.75) is 40.2 Å². The van der Waals surface area contributed by atoms with Crippen molar-refractivity contribution in [1.29, 1.82) is 0 Å². The highest BCUT2D eigenvalue weighted by molar-refractivity contribution is 5.92. The third-order valence-electron chi connectivity index (χ3n) is 3.47. The number of carbonyl (C=O) groups excluding carboxylic acids is 1. The fraction of sp³-hybridized carbons (Fsp3) is 0.389. The molecule has 23 heavy (non-hydrogen) atoms. The Labute approximate surface area is 137 Å². The molecule has 0 aliphatic rings. The third kappa shape index (κ3) is 5.36. The first-order chi connectivity index (χ1) is 11.1. The summed E-state index contributed by atoms with van der Waals surface area (Å²) in [4.78, 5) is 20.9. The van der Waals surface area contributed by atoms with E-state index in [-0.39, 0.29) is 5.91 Å². The highest BCUT2D eigenvalue weighted by atomic mass is 16.1. The first kappa shape index (κ1) is 16.9. The van der Waals surface area contributed by atoms with Crippen molar-refractivity contribution in [3.05, 3.63) is 52.8 Å². The second-order valence-corrected chi connectivity index (χ2v) is 5.67. The van der Waals surface area contributed by atoms with Gasteiger partial charge in [-0.05, 0) is 31.9 Å². The van der Waals surface area contributed by atoms with Crippen molar-refractivity contribution >= 4 is 11.9 Å². The molecule has 0 spiro atoms. The number of hydrogen-bond acceptors (Lipinski definition) is 4. The molecule has 2 N–H and O–H groups in total. The van der Waals surface area contributed by atoms with Crippen molar-refractivity contribution in [2.75, 3.05) is 11.9 Å². The summed E-state index contributed by atoms with van der Waals surface area (Å²) in [5.74, 6) is 0.327. The van der Waals surface area contributed by atoms with Crippen LogP contribution in [0.25, 0.3) is 0 Å². The minimum Gasteiger partial charge on any atom is -0.354 e. The molecule has 0 saturated carbocycles. The number of aromatic nitrogens is 2. The molecule has 0 aliphatic carbocycles. The van der Waals surface area contributed by atoms with E-state index in [0.29, 0.717) is 18.2 Å². The number of nitrogens with zero attached hydrogens (tertiary/aromatic N) is 2. The topological polar surface area (TPSA) is 66.9 Å². The number of rotatable bonds is 7. The van der Waals surface area contributed by atoms with E-state index in [9.17, 15) is 4.79 Å². The van der Waals surface area contributed by atoms with E-state index in [1.54, 1.807) is 6.07 Å². The van der Waals surface area contributed by atoms with E-state index < -0.39 is 0 Å². The molecular weight excluding hydrogens is 288 g/mol. The lowest BCUT2D eigenvalue weighted by atomic mass is 10.1. The van der Waals surface area contributed by atoms with Gasteiger partial charge in [0.15, 0.2) is 0 Å². The summed E-state index contributed by atoms with van der Waals surface area (Å²) < 4.78 is 0. The van der Waals surface area contributed by atoms with Crippen LogP contribution in [-0.2, 0) is 6.54 Å². The minimum absolute atomic E-state index is 0.186. The largest absolute Gasteiger partial charge is 0.354 e. The molecule has 0 unspecified atom stereocenters. The lowest BCUT2D eigenvalue weighted by Crippen LogP contribution is -2.24. The van der Waals surface area contributed by atoms with Gasteiger partial charge in [-0.2, -0.15) is 0 Å². The Kier molecular flexibility index (Phi) is 6.09. The summed E-state index contributed by atoms with van der Waals surface area (Å²) in [6, 6.07) is 9.80. The maximum atomic E-state index is 12.3. The van der Waals surface area contributed by atoms with Crippen LogP contribution in [0.3, 0.4) is 0 Å². The highest BCUT2D eigenvalue weighted by Crippen LogP contribution is 2.07. The quantitative estimate of drug-likeness (QED) is 0.770. The smallest absolute Gasteiger partial charge is 0.270 e. The second-order valence-electron chi connectivity index (χ2n) is 5.67. The number of amides is 1. The van der Waals surface area contributed by atoms with Crippen molar-refractivity contribution < 1.29 is 4.79 Å². The minimum atomic E-state index is -0.186. The number of benzene rings is 1. The van der Waals surface area contributed by atoms with E-state index in [4.69, 9.17) is 0 Å². The van der Waals surface area contributed by atoms with Crippen LogP contribution in [0.5, 0.6) is 0 Å². The molecule has 5 nitrogen and oxygen atoms in total. The van der Waals surface area contributed by atoms with Crippen molar-refractivity contribution in [2.24, 2.45) is 0 Å². The number of unbranched alkanes of at least 4 members (excludes halogenated alkanes) is 1. The van der Waals surface area contributed by atoms with E-state index in [2.05, 4.69) is 27.5 Å². The highest BCUT2D eigenvalue weighted by Gasteiger charge is 2.10. The summed E-state index contributed by atoms with van der Waals surface area (Å²) in [5, 5.41) is 6.06. The molecule has 0 aliphatic heterocycles. The number of nitrogens with one attached hydrogen (secondary N) is 2. The maximum Gasteiger partial charge on any atom is 0.270 e. The monoisotopic (exact) mass is 312 g/mol. The van der Waals surface area contributed by atoms with Crippen molar-refractivity contribution in [3.63, 3.8) is 0 Å². The summed E-state index contributed by atoms with van der Waals surface area (Å²) in [6.07, 6.45) is 2.15. The second kappa shape index (κ2) is 8.27. The van der Waals surface area contributed by atoms with Gasteiger partial charge in [0.05, 0.1) is 0 Å². The number of carbonyl (C=O) groups is 1. The van der Waals surface area contributed by atoms with E-state index in [1.807, 2.05) is 38.1 Å². The van der Waals surface area contributed by atoms with Gasteiger partial charge in [0, 0.05) is 18.8 Å². The van der Waals surface area contributed by atoms with Crippen molar-refractivity contribution in [1.82, 2.24) is 15.3 Å². The Bertz CT molecular complexity index is 653. The van der Waals surface area contributed by atoms with E-state index in [0.717, 1.165) is 30.6 Å². The van der Waals surface area contributed by atoms with Gasteiger partial charge in [0.25, 0.3) is 5.91 Å². The molecule has 0 bridgehead atoms. The van der Waals surface area contributed by atoms with Gasteiger partial charge >= 0.3 is 0 Å². The number of aryl methyl sites for hydroxylation is 2. The Hall–Kier alpha value is -2.43. The molecule has 0 radical (unpaired) electrons. The van der Waals surface area contributed by atoms with Crippen LogP contribution in [-0.4, -0.2) is 22.4 Å². The molecule has 1 aromatic heterocycles. The van der Waals surface area contributed by atoms with Gasteiger partial charge in [-0.15, -0.1) is 0 Å². The molecule has 2 aromatic rings. The molecule has 0 fully saturated rings. The van der Waals surface area contributed by atoms with Crippen LogP contribution in [0.15, 0.2) is 30.3 Å². The third-order valence-corrected chi connectivity index (χ3v) is 3.47. The molecule has 5 heteroatoms. The SMILES string of the molecule is CCCCNc1nc(C)cc(C(=O)NCc2ccc(C)cc2)n1. The van der Waals surface area contributed by atoms with Gasteiger partial charge in [0.1, 0.15) is 5.69 Å². The summed E-state index contributed by atoms with van der Waals surface area (Å²) in [6.45, 7) is 7.33. The molecule has 0 saturated heterocycles. The normalized spacial score (nSPS) is 10.4. The predicted molar refractivity (Wildman–Crippen MR) is 92.5 cm³/mol. The molecule has 122 valence electrons. The van der Waals surface area contributed by atoms with Gasteiger partial charge in [-0.25, -0.2) is 9.97 Å². The van der Waals surface area contributed by atoms with Crippen molar-refractivity contribution in [3.8, 4) is 0 Å². The maximum absolute atomic E-state index is 12.3. The Balaban J connectivity index is 1.99. The average molecular weight is 312 g/mol. The Morgan fingerprint density at radius 3 is 2.57 bits per heavy atom. The first-order valence-corrected chi connectivity index (χ1v) is 8.02. The van der Waals surface area contributed by atoms with E-state index in [1.165, 1.54) is 5.56 Å². The zero-order valence-corrected chi connectivity index (χ0v) is 14.0. The Morgan fingerprint density at radius 2 is 1.87 bits per heavy atom. The number of anilines is 1. The Morgan fingerprint density at radius 1 is 1.13 bits per heavy atom. The summed E-state index contributed by atoms with van der Waals surface area (Å²) in [7, 11) is 0. The van der Waals surface area contributed by atoms with Crippen LogP contribution in [0.1, 0.15) is 47.1 Å². The summed E-state index contributed by atoms with van der Waals surface area (Å²) >= 11 is 0. The van der Waals surface area contributed by atoms with Gasteiger partial charge in [0.2, 0.25) is 5.95 Å². The molecule has 1 aromatic carbocycles. The van der Waals surface area contributed by atoms with Crippen LogP contribution in [0.2, 0.25) is 0 Å². The standard InChI is InChI=1S/C18H24N4O/c1-4-5-10-19-18-21-14(3)11-16(22-18)17(23)20-12-15-8-6-13(2)7-9-15/h6-9,11H,4-5,10,12H2,1-3H3,(H,20,23)(H,19,21,22). The molecule has 1 amide bonds. The van der Waals surface area contributed by atoms with Crippen LogP contribution >= 0.6 is 0 Å². The predicted octanol–water partition coefficient (Wildman–Crippen LogP) is 3.24. The van der Waals surface area contributed by atoms with Crippen LogP contribution in [0, 0.1) is 13.8 Å². The van der Waals surface area contributed by atoms with E-state index >= 15 is 0 Å². The average Bonchev–Trinajstić information content (AvgIpc) is 2.54. The van der Waals surface area contributed by atoms with Crippen LogP contribution in [0.4, 0.5) is 5.95 Å². The van der Waals surface area contributed by atoms with Crippen LogP contribution < -0.4 is 10.6 Å². The van der Waals surface area contributed by atoms with Gasteiger partial charge < -0.3 is 10.6 Å². The fourth-order valence-electron chi connectivity index (χ4n) is 2.12. The lowest BCUT2D eigenvalue weighted by molar-refractivity contribution is 0.0945. The molecular formula is C18H24N4O. The zero-order valence-electron chi connectivity index (χ0n) is 14.0. The first-order valence-electron chi connectivity index (χ1n) is 8.02. The van der Waals surface area contributed by atoms with Gasteiger partial charge in [-0.3, -0.25) is 4.79 Å². The zero-order chi connectivity index (χ0) is 16.7. The molecule has 0 atom stereocenters. The lowest BCUT2D eigenvalue weighted by Gasteiger charge is -2.09. The summed E-state index contributed by atoms with van der Waals surface area (Å²) in [5.41, 5.74) is 3.44. The number of hydrogen-bond donors (Lipinski definition) is 2.